The van der Waals surface area contributed by atoms with E-state index in [9.17, 15) is 19.9 Å². The minimum Gasteiger partial charge on any atom is -0.387 e. The number of aliphatic hydroxyl groups is 3. The first-order chi connectivity index (χ1) is 8.71. The second-order valence-electron chi connectivity index (χ2n) is 4.23. The molecule has 11 heteroatoms. The Morgan fingerprint density at radius 1 is 1.26 bits per heavy atom. The standard InChI is InChI=1S/C8H14N3O7P/c9-2-1-10-7(11-2)6-4(13)3(12)5(14)8(18-6)19(15,16)17/h1,3-6,8,12-14H,9H2,(H,10,11)(H2,15,16,17)/t3-,4+,5-,6?,8?/m0/s1. The maximum absolute atomic E-state index is 11.2. The lowest BCUT2D eigenvalue weighted by Crippen LogP contribution is -2.54. The molecule has 0 aromatic carbocycles. The molecule has 2 rings (SSSR count). The summed E-state index contributed by atoms with van der Waals surface area (Å²) in [5, 5.41) is 28.9. The molecule has 5 atom stereocenters. The van der Waals surface area contributed by atoms with E-state index in [0.29, 0.717) is 0 Å². The number of nitrogens with one attached hydrogen (secondary N) is 1. The summed E-state index contributed by atoms with van der Waals surface area (Å²) in [5.41, 5.74) is 5.39. The van der Waals surface area contributed by atoms with Gasteiger partial charge in [-0.15, -0.1) is 0 Å². The zero-order valence-electron chi connectivity index (χ0n) is 9.49. The van der Waals surface area contributed by atoms with Gasteiger partial charge in [-0.25, -0.2) is 4.98 Å². The highest BCUT2D eigenvalue weighted by molar-refractivity contribution is 7.52. The predicted octanol–water partition coefficient (Wildman–Crippen LogP) is -2.35. The predicted molar refractivity (Wildman–Crippen MR) is 60.7 cm³/mol. The van der Waals surface area contributed by atoms with E-state index in [4.69, 9.17) is 20.3 Å². The van der Waals surface area contributed by atoms with Crippen molar-refractivity contribution < 1.29 is 34.4 Å². The molecule has 108 valence electrons. The van der Waals surface area contributed by atoms with E-state index in [0.717, 1.165) is 0 Å². The van der Waals surface area contributed by atoms with Crippen LogP contribution in [0.3, 0.4) is 0 Å². The Morgan fingerprint density at radius 3 is 2.37 bits per heavy atom. The molecule has 0 aliphatic carbocycles. The van der Waals surface area contributed by atoms with Crippen molar-refractivity contribution in [1.29, 1.82) is 0 Å². The molecule has 2 heterocycles. The summed E-state index contributed by atoms with van der Waals surface area (Å²) < 4.78 is 16.2. The number of hydrogen-bond donors (Lipinski definition) is 7. The largest absolute Gasteiger partial charge is 0.387 e. The zero-order chi connectivity index (χ0) is 14.4. The minimum atomic E-state index is -4.83. The van der Waals surface area contributed by atoms with Crippen LogP contribution >= 0.6 is 7.60 Å². The van der Waals surface area contributed by atoms with E-state index in [2.05, 4.69) is 9.97 Å². The first kappa shape index (κ1) is 14.4. The van der Waals surface area contributed by atoms with Crippen molar-refractivity contribution in [3.8, 4) is 0 Å². The first-order valence-corrected chi connectivity index (χ1v) is 6.95. The summed E-state index contributed by atoms with van der Waals surface area (Å²) in [6.07, 6.45) is -5.44. The van der Waals surface area contributed by atoms with Crippen molar-refractivity contribution in [3.63, 3.8) is 0 Å². The molecule has 1 aromatic rings. The third-order valence-electron chi connectivity index (χ3n) is 2.80. The van der Waals surface area contributed by atoms with Gasteiger partial charge < -0.3 is 40.6 Å². The molecule has 0 bridgehead atoms. The Morgan fingerprint density at radius 2 is 1.89 bits per heavy atom. The first-order valence-electron chi connectivity index (χ1n) is 5.27. The van der Waals surface area contributed by atoms with Crippen molar-refractivity contribution in [1.82, 2.24) is 9.97 Å². The van der Waals surface area contributed by atoms with Gasteiger partial charge in [0.1, 0.15) is 36.1 Å². The van der Waals surface area contributed by atoms with Crippen LogP contribution in [0.25, 0.3) is 0 Å². The van der Waals surface area contributed by atoms with Gasteiger partial charge in [-0.1, -0.05) is 0 Å². The van der Waals surface area contributed by atoms with Crippen LogP contribution in [0, 0.1) is 0 Å². The fourth-order valence-electron chi connectivity index (χ4n) is 1.86. The quantitative estimate of drug-likeness (QED) is 0.294. The molecule has 0 saturated carbocycles. The van der Waals surface area contributed by atoms with Crippen LogP contribution in [-0.2, 0) is 9.30 Å². The molecule has 8 N–H and O–H groups in total. The van der Waals surface area contributed by atoms with Crippen molar-refractivity contribution in [3.05, 3.63) is 12.0 Å². The monoisotopic (exact) mass is 295 g/mol. The average molecular weight is 295 g/mol. The summed E-state index contributed by atoms with van der Waals surface area (Å²) in [5.74, 6) is -1.81. The minimum absolute atomic E-state index is 0.00519. The third kappa shape index (κ3) is 2.65. The average Bonchev–Trinajstić information content (AvgIpc) is 2.71. The smallest absolute Gasteiger partial charge is 0.356 e. The highest BCUT2D eigenvalue weighted by Crippen LogP contribution is 2.49. The van der Waals surface area contributed by atoms with Crippen LogP contribution in [0.4, 0.5) is 5.82 Å². The van der Waals surface area contributed by atoms with Gasteiger partial charge in [-0.05, 0) is 0 Å². The topological polar surface area (TPSA) is 182 Å². The van der Waals surface area contributed by atoms with Gasteiger partial charge in [0.15, 0.2) is 5.85 Å². The van der Waals surface area contributed by atoms with E-state index < -0.39 is 37.9 Å². The summed E-state index contributed by atoms with van der Waals surface area (Å²) in [6.45, 7) is 0. The van der Waals surface area contributed by atoms with Crippen molar-refractivity contribution in [2.75, 3.05) is 5.73 Å². The molecule has 0 amide bonds. The Bertz CT molecular complexity index is 502. The maximum Gasteiger partial charge on any atom is 0.356 e. The second kappa shape index (κ2) is 4.84. The maximum atomic E-state index is 11.2. The lowest BCUT2D eigenvalue weighted by Gasteiger charge is -2.39. The fraction of sp³-hybridized carbons (Fsp3) is 0.625. The summed E-state index contributed by atoms with van der Waals surface area (Å²) >= 11 is 0. The molecule has 0 spiro atoms. The normalized spacial score (nSPS) is 36.4. The Labute approximate surface area is 107 Å². The lowest BCUT2D eigenvalue weighted by atomic mass is 9.99. The molecular weight excluding hydrogens is 281 g/mol. The van der Waals surface area contributed by atoms with Crippen LogP contribution in [0.1, 0.15) is 11.9 Å². The Hall–Kier alpha value is -1.00. The van der Waals surface area contributed by atoms with E-state index in [1.54, 1.807) is 0 Å². The SMILES string of the molecule is Nc1cnc(C2OC(P(=O)(O)O)[C@@H](O)[C@@H](O)[C@H]2O)[nH]1. The number of nitrogens with two attached hydrogens (primary N) is 1. The molecular formula is C8H14N3O7P. The number of H-pyrrole nitrogens is 1. The number of nitrogens with zero attached hydrogens (tertiary/aromatic N) is 1. The number of ether oxygens (including phenoxy) is 1. The molecule has 1 fully saturated rings. The summed E-state index contributed by atoms with van der Waals surface area (Å²) in [6, 6.07) is 0. The van der Waals surface area contributed by atoms with Gasteiger partial charge in [0.25, 0.3) is 0 Å². The number of hydrogen-bond acceptors (Lipinski definition) is 7. The van der Waals surface area contributed by atoms with E-state index in [1.807, 2.05) is 0 Å². The van der Waals surface area contributed by atoms with Gasteiger partial charge >= 0.3 is 7.60 Å². The number of imidazole rings is 1. The number of rotatable bonds is 2. The van der Waals surface area contributed by atoms with Gasteiger partial charge in [-0.3, -0.25) is 4.57 Å². The van der Waals surface area contributed by atoms with Gasteiger partial charge in [0, 0.05) is 0 Å². The number of aromatic nitrogens is 2. The molecule has 19 heavy (non-hydrogen) atoms. The zero-order valence-corrected chi connectivity index (χ0v) is 10.4. The number of aliphatic hydroxyl groups excluding tert-OH is 3. The summed E-state index contributed by atoms with van der Waals surface area (Å²) in [4.78, 5) is 24.4. The van der Waals surface area contributed by atoms with Crippen LogP contribution in [-0.4, -0.2) is 59.2 Å². The van der Waals surface area contributed by atoms with E-state index >= 15 is 0 Å². The summed E-state index contributed by atoms with van der Waals surface area (Å²) in [7, 11) is -4.83. The van der Waals surface area contributed by atoms with Crippen molar-refractivity contribution in [2.24, 2.45) is 0 Å². The molecule has 10 nitrogen and oxygen atoms in total. The highest BCUT2D eigenvalue weighted by Gasteiger charge is 2.51. The van der Waals surface area contributed by atoms with Gasteiger partial charge in [0.2, 0.25) is 0 Å². The van der Waals surface area contributed by atoms with Crippen LogP contribution in [0.2, 0.25) is 0 Å². The third-order valence-corrected chi connectivity index (χ3v) is 3.89. The molecule has 0 radical (unpaired) electrons. The van der Waals surface area contributed by atoms with Gasteiger partial charge in [-0.2, -0.15) is 0 Å². The molecule has 1 aliphatic heterocycles. The van der Waals surface area contributed by atoms with Crippen molar-refractivity contribution in [2.45, 2.75) is 30.3 Å². The fourth-order valence-corrected chi connectivity index (χ4v) is 2.73. The van der Waals surface area contributed by atoms with E-state index in [1.165, 1.54) is 6.20 Å². The second-order valence-corrected chi connectivity index (χ2v) is 5.92. The Kier molecular flexibility index (Phi) is 3.67. The number of nitrogen functional groups attached to an aromatic ring is 1. The van der Waals surface area contributed by atoms with Crippen molar-refractivity contribution >= 4 is 13.4 Å². The number of aromatic amines is 1. The van der Waals surface area contributed by atoms with E-state index in [-0.39, 0.29) is 11.6 Å². The lowest BCUT2D eigenvalue weighted by molar-refractivity contribution is -0.208. The van der Waals surface area contributed by atoms with Crippen LogP contribution in [0.5, 0.6) is 0 Å². The molecule has 1 aromatic heterocycles. The van der Waals surface area contributed by atoms with Crippen LogP contribution in [0.15, 0.2) is 6.20 Å². The number of anilines is 1. The molecule has 1 saturated heterocycles. The van der Waals surface area contributed by atoms with Gasteiger partial charge in [0.05, 0.1) is 6.20 Å². The van der Waals surface area contributed by atoms with Crippen LogP contribution < -0.4 is 5.73 Å². The Balaban J connectivity index is 2.32. The molecule has 2 unspecified atom stereocenters. The molecule has 1 aliphatic rings. The highest BCUT2D eigenvalue weighted by atomic mass is 31.2.